The van der Waals surface area contributed by atoms with Gasteiger partial charge in [0.1, 0.15) is 6.10 Å². The molecule has 6 heteroatoms. The lowest BCUT2D eigenvalue weighted by Gasteiger charge is -2.61. The first-order valence-electron chi connectivity index (χ1n) is 14.2. The monoisotopic (exact) mass is 474 g/mol. The number of hydrogen-bond acceptors (Lipinski definition) is 5. The second-order valence-corrected chi connectivity index (χ2v) is 13.6. The molecule has 2 aliphatic heterocycles. The van der Waals surface area contributed by atoms with Crippen LogP contribution in [0.2, 0.25) is 0 Å². The molecule has 0 unspecified atom stereocenters. The molecular weight excluding hydrogens is 428 g/mol. The Morgan fingerprint density at radius 2 is 1.76 bits per heavy atom. The minimum atomic E-state index is -0.489. The van der Waals surface area contributed by atoms with E-state index in [0.717, 1.165) is 43.6 Å². The second-order valence-electron chi connectivity index (χ2n) is 13.6. The van der Waals surface area contributed by atoms with Crippen molar-refractivity contribution in [2.24, 2.45) is 58.1 Å². The van der Waals surface area contributed by atoms with E-state index in [0.29, 0.717) is 40.6 Å². The summed E-state index contributed by atoms with van der Waals surface area (Å²) in [5.74, 6) is 9.76. The minimum absolute atomic E-state index is 0.0153. The first-order valence-corrected chi connectivity index (χ1v) is 14.2. The van der Waals surface area contributed by atoms with E-state index < -0.39 is 6.09 Å². The highest BCUT2D eigenvalue weighted by Crippen LogP contribution is 2.71. The SMILES string of the molecule is C[C@H]1CC[C@@]2(OC1)O[C@H]1C[C@H]3[C@@H]4CC[C@@H]5C[C@@H](OC(=O)NN)CC[C@]5(C)[C@H]4CC[C@]3(C)[C@H]1[C@@H]2C. The van der Waals surface area contributed by atoms with Gasteiger partial charge in [0, 0.05) is 12.3 Å². The first-order chi connectivity index (χ1) is 16.2. The van der Waals surface area contributed by atoms with E-state index in [9.17, 15) is 4.79 Å². The van der Waals surface area contributed by atoms with Gasteiger partial charge < -0.3 is 14.2 Å². The Morgan fingerprint density at radius 3 is 2.50 bits per heavy atom. The fraction of sp³-hybridized carbons (Fsp3) is 0.964. The molecule has 0 aromatic rings. The quantitative estimate of drug-likeness (QED) is 0.302. The molecule has 6 nitrogen and oxygen atoms in total. The number of hydrogen-bond donors (Lipinski definition) is 2. The topological polar surface area (TPSA) is 82.8 Å². The highest BCUT2D eigenvalue weighted by Gasteiger charge is 2.69. The van der Waals surface area contributed by atoms with Gasteiger partial charge in [0.15, 0.2) is 5.79 Å². The van der Waals surface area contributed by atoms with Gasteiger partial charge in [-0.05, 0) is 104 Å². The van der Waals surface area contributed by atoms with Crippen LogP contribution in [0.25, 0.3) is 0 Å². The normalized spacial score (nSPS) is 56.2. The lowest BCUT2D eigenvalue weighted by atomic mass is 9.44. The van der Waals surface area contributed by atoms with Gasteiger partial charge in [0.05, 0.1) is 12.7 Å². The number of nitrogens with one attached hydrogen (secondary N) is 1. The molecule has 192 valence electrons. The molecule has 0 aromatic carbocycles. The Hall–Kier alpha value is -0.850. The van der Waals surface area contributed by atoms with Crippen LogP contribution in [0.3, 0.4) is 0 Å². The van der Waals surface area contributed by atoms with Gasteiger partial charge in [0.25, 0.3) is 0 Å². The molecule has 4 saturated carbocycles. The summed E-state index contributed by atoms with van der Waals surface area (Å²) in [5.41, 5.74) is 2.88. The molecule has 2 heterocycles. The van der Waals surface area contributed by atoms with E-state index in [4.69, 9.17) is 20.1 Å². The molecule has 1 amide bonds. The summed E-state index contributed by atoms with van der Waals surface area (Å²) in [4.78, 5) is 11.7. The third-order valence-corrected chi connectivity index (χ3v) is 12.3. The Labute approximate surface area is 205 Å². The summed E-state index contributed by atoms with van der Waals surface area (Å²) in [6, 6.07) is 0. The lowest BCUT2D eigenvalue weighted by molar-refractivity contribution is -0.273. The Morgan fingerprint density at radius 1 is 0.971 bits per heavy atom. The molecule has 2 saturated heterocycles. The van der Waals surface area contributed by atoms with Gasteiger partial charge >= 0.3 is 6.09 Å². The van der Waals surface area contributed by atoms with E-state index in [1.165, 1.54) is 44.9 Å². The smallest absolute Gasteiger partial charge is 0.421 e. The molecular formula is C28H46N2O4. The number of hydrazine groups is 1. The number of ether oxygens (including phenoxy) is 3. The molecule has 0 radical (unpaired) electrons. The Balaban J connectivity index is 1.19. The van der Waals surface area contributed by atoms with Crippen LogP contribution in [-0.4, -0.2) is 30.7 Å². The van der Waals surface area contributed by atoms with Crippen LogP contribution in [0.1, 0.15) is 91.9 Å². The van der Waals surface area contributed by atoms with Crippen molar-refractivity contribution in [3.8, 4) is 0 Å². The van der Waals surface area contributed by atoms with Crippen molar-refractivity contribution in [1.82, 2.24) is 5.43 Å². The Bertz CT molecular complexity index is 812. The van der Waals surface area contributed by atoms with Gasteiger partial charge in [-0.1, -0.05) is 27.7 Å². The molecule has 1 spiro atoms. The molecule has 12 atom stereocenters. The zero-order chi connectivity index (χ0) is 23.9. The standard InChI is InChI=1S/C28H46N2O4/c1-16-7-12-28(32-15-16)17(2)24-23(34-28)14-22-20-6-5-18-13-19(33-25(31)30-29)8-10-26(18,3)21(20)9-11-27(22,24)4/h16-24H,5-15,29H2,1-4H3,(H,30,31)/t16-,17-,18+,19-,20+,21-,22-,23-,24-,26-,27-,28+/m0/s1. The largest absolute Gasteiger partial charge is 0.445 e. The van der Waals surface area contributed by atoms with Crippen LogP contribution < -0.4 is 11.3 Å². The third kappa shape index (κ3) is 3.26. The Kier molecular flexibility index (Phi) is 5.59. The van der Waals surface area contributed by atoms with Crippen LogP contribution in [0.5, 0.6) is 0 Å². The molecule has 0 bridgehead atoms. The average molecular weight is 475 g/mol. The molecule has 34 heavy (non-hydrogen) atoms. The van der Waals surface area contributed by atoms with Crippen molar-refractivity contribution in [3.05, 3.63) is 0 Å². The van der Waals surface area contributed by atoms with Crippen molar-refractivity contribution in [1.29, 1.82) is 0 Å². The highest BCUT2D eigenvalue weighted by molar-refractivity contribution is 5.66. The van der Waals surface area contributed by atoms with E-state index >= 15 is 0 Å². The van der Waals surface area contributed by atoms with Gasteiger partial charge in [-0.2, -0.15) is 0 Å². The van der Waals surface area contributed by atoms with Crippen molar-refractivity contribution < 1.29 is 19.0 Å². The summed E-state index contributed by atoms with van der Waals surface area (Å²) < 4.78 is 19.0. The highest BCUT2D eigenvalue weighted by atomic mass is 16.7. The molecule has 3 N–H and O–H groups in total. The summed E-state index contributed by atoms with van der Waals surface area (Å²) in [6.45, 7) is 10.8. The number of amides is 1. The second kappa shape index (κ2) is 8.08. The maximum atomic E-state index is 11.7. The lowest BCUT2D eigenvalue weighted by Crippen LogP contribution is -2.55. The predicted octanol–water partition coefficient (Wildman–Crippen LogP) is 5.40. The van der Waals surface area contributed by atoms with Crippen LogP contribution >= 0.6 is 0 Å². The van der Waals surface area contributed by atoms with E-state index in [-0.39, 0.29) is 11.9 Å². The van der Waals surface area contributed by atoms with Crippen molar-refractivity contribution >= 4 is 6.09 Å². The van der Waals surface area contributed by atoms with E-state index in [1.807, 2.05) is 0 Å². The van der Waals surface area contributed by atoms with Crippen molar-refractivity contribution in [2.75, 3.05) is 6.61 Å². The fourth-order valence-electron chi connectivity index (χ4n) is 10.5. The summed E-state index contributed by atoms with van der Waals surface area (Å²) >= 11 is 0. The number of rotatable bonds is 1. The molecule has 4 aliphatic carbocycles. The van der Waals surface area contributed by atoms with Gasteiger partial charge in [0.2, 0.25) is 0 Å². The van der Waals surface area contributed by atoms with Gasteiger partial charge in [-0.3, -0.25) is 5.43 Å². The number of nitrogens with two attached hydrogens (primary N) is 1. The van der Waals surface area contributed by atoms with Crippen molar-refractivity contribution in [3.63, 3.8) is 0 Å². The zero-order valence-corrected chi connectivity index (χ0v) is 21.7. The number of carbonyl (C=O) groups is 1. The van der Waals surface area contributed by atoms with Crippen molar-refractivity contribution in [2.45, 2.75) is 110 Å². The van der Waals surface area contributed by atoms with E-state index in [1.54, 1.807) is 0 Å². The van der Waals surface area contributed by atoms with Crippen LogP contribution in [0, 0.1) is 52.3 Å². The first kappa shape index (κ1) is 23.5. The van der Waals surface area contributed by atoms with Crippen LogP contribution in [-0.2, 0) is 14.2 Å². The maximum absolute atomic E-state index is 11.7. The molecule has 0 aromatic heterocycles. The number of fused-ring (bicyclic) bond motifs is 7. The number of carbonyl (C=O) groups excluding carboxylic acids is 1. The average Bonchev–Trinajstić information content (AvgIpc) is 3.26. The summed E-state index contributed by atoms with van der Waals surface area (Å²) in [5, 5.41) is 0. The van der Waals surface area contributed by atoms with Gasteiger partial charge in [-0.25, -0.2) is 10.6 Å². The van der Waals surface area contributed by atoms with E-state index in [2.05, 4.69) is 33.1 Å². The predicted molar refractivity (Wildman–Crippen MR) is 129 cm³/mol. The molecule has 6 fully saturated rings. The zero-order valence-electron chi connectivity index (χ0n) is 21.7. The fourth-order valence-corrected chi connectivity index (χ4v) is 10.5. The third-order valence-electron chi connectivity index (χ3n) is 12.3. The van der Waals surface area contributed by atoms with Crippen LogP contribution in [0.15, 0.2) is 0 Å². The molecule has 6 rings (SSSR count). The summed E-state index contributed by atoms with van der Waals surface area (Å²) in [6.07, 6.45) is 11.8. The summed E-state index contributed by atoms with van der Waals surface area (Å²) in [7, 11) is 0. The maximum Gasteiger partial charge on any atom is 0.421 e. The molecule has 6 aliphatic rings. The van der Waals surface area contributed by atoms with Crippen LogP contribution in [0.4, 0.5) is 4.79 Å². The van der Waals surface area contributed by atoms with Gasteiger partial charge in [-0.15, -0.1) is 0 Å². The minimum Gasteiger partial charge on any atom is -0.445 e.